The summed E-state index contributed by atoms with van der Waals surface area (Å²) in [6.45, 7) is 6.29. The molecule has 23 heavy (non-hydrogen) atoms. The summed E-state index contributed by atoms with van der Waals surface area (Å²) in [4.78, 5) is 23.2. The highest BCUT2D eigenvalue weighted by molar-refractivity contribution is 5.81. The highest BCUT2D eigenvalue weighted by Crippen LogP contribution is 2.31. The van der Waals surface area contributed by atoms with Crippen molar-refractivity contribution in [3.05, 3.63) is 29.3 Å². The van der Waals surface area contributed by atoms with Crippen LogP contribution >= 0.6 is 0 Å². The number of amides is 1. The number of carboxylic acid groups (broad SMARTS) is 1. The van der Waals surface area contributed by atoms with Crippen LogP contribution in [-0.2, 0) is 9.59 Å². The van der Waals surface area contributed by atoms with Crippen molar-refractivity contribution in [1.29, 1.82) is 0 Å². The third-order valence-electron chi connectivity index (χ3n) is 4.43. The summed E-state index contributed by atoms with van der Waals surface area (Å²) in [6, 6.07) is 5.86. The molecule has 1 fully saturated rings. The van der Waals surface area contributed by atoms with Crippen LogP contribution in [0, 0.1) is 25.7 Å². The van der Waals surface area contributed by atoms with E-state index in [4.69, 9.17) is 9.84 Å². The minimum absolute atomic E-state index is 0.0636. The number of rotatable bonds is 6. The number of ether oxygens (including phenoxy) is 1. The SMILES string of the molecule is Cc1cccc(C)c1OCC(C)NC(=O)[C@@H]1CC[C@H](C(=O)O)C1. The Morgan fingerprint density at radius 3 is 2.43 bits per heavy atom. The van der Waals surface area contributed by atoms with Crippen LogP contribution < -0.4 is 10.1 Å². The van der Waals surface area contributed by atoms with Gasteiger partial charge in [-0.05, 0) is 51.2 Å². The van der Waals surface area contributed by atoms with Gasteiger partial charge in [0.15, 0.2) is 0 Å². The molecule has 1 unspecified atom stereocenters. The smallest absolute Gasteiger partial charge is 0.306 e. The fourth-order valence-corrected chi connectivity index (χ4v) is 3.08. The Hall–Kier alpha value is -2.04. The molecular formula is C18H25NO4. The van der Waals surface area contributed by atoms with Crippen molar-refractivity contribution in [2.75, 3.05) is 6.61 Å². The lowest BCUT2D eigenvalue weighted by atomic mass is 10.0. The third kappa shape index (κ3) is 4.47. The van der Waals surface area contributed by atoms with Crippen LogP contribution in [0.4, 0.5) is 0 Å². The van der Waals surface area contributed by atoms with E-state index in [1.807, 2.05) is 39.0 Å². The van der Waals surface area contributed by atoms with E-state index in [9.17, 15) is 9.59 Å². The van der Waals surface area contributed by atoms with E-state index >= 15 is 0 Å². The molecule has 0 bridgehead atoms. The monoisotopic (exact) mass is 319 g/mol. The minimum atomic E-state index is -0.799. The topological polar surface area (TPSA) is 75.6 Å². The van der Waals surface area contributed by atoms with E-state index in [1.165, 1.54) is 0 Å². The molecule has 1 aromatic rings. The summed E-state index contributed by atoms with van der Waals surface area (Å²) in [5, 5.41) is 11.9. The number of para-hydroxylation sites is 1. The molecule has 1 aromatic carbocycles. The van der Waals surface area contributed by atoms with E-state index in [0.29, 0.717) is 25.9 Å². The molecule has 2 N–H and O–H groups in total. The Labute approximate surface area is 137 Å². The predicted octanol–water partition coefficient (Wildman–Crippen LogP) is 2.69. The van der Waals surface area contributed by atoms with E-state index in [-0.39, 0.29) is 23.8 Å². The van der Waals surface area contributed by atoms with Crippen molar-refractivity contribution in [1.82, 2.24) is 5.32 Å². The second-order valence-corrected chi connectivity index (χ2v) is 6.49. The normalized spacial score (nSPS) is 21.7. The van der Waals surface area contributed by atoms with Gasteiger partial charge in [0.05, 0.1) is 12.0 Å². The van der Waals surface area contributed by atoms with Crippen LogP contribution in [0.5, 0.6) is 5.75 Å². The molecule has 126 valence electrons. The summed E-state index contributed by atoms with van der Waals surface area (Å²) >= 11 is 0. The summed E-state index contributed by atoms with van der Waals surface area (Å²) in [7, 11) is 0. The van der Waals surface area contributed by atoms with Gasteiger partial charge in [-0.2, -0.15) is 0 Å². The maximum absolute atomic E-state index is 12.2. The first kappa shape index (κ1) is 17.3. The second-order valence-electron chi connectivity index (χ2n) is 6.49. The van der Waals surface area contributed by atoms with Gasteiger partial charge in [-0.1, -0.05) is 18.2 Å². The van der Waals surface area contributed by atoms with E-state index < -0.39 is 5.97 Å². The maximum Gasteiger partial charge on any atom is 0.306 e. The number of hydrogen-bond donors (Lipinski definition) is 2. The molecule has 1 saturated carbocycles. The molecule has 0 saturated heterocycles. The maximum atomic E-state index is 12.2. The molecule has 5 heteroatoms. The largest absolute Gasteiger partial charge is 0.491 e. The quantitative estimate of drug-likeness (QED) is 0.845. The zero-order valence-corrected chi connectivity index (χ0v) is 14.0. The molecule has 3 atom stereocenters. The Morgan fingerprint density at radius 1 is 1.26 bits per heavy atom. The van der Waals surface area contributed by atoms with E-state index in [2.05, 4.69) is 5.32 Å². The minimum Gasteiger partial charge on any atom is -0.491 e. The molecule has 0 radical (unpaired) electrons. The van der Waals surface area contributed by atoms with Crippen molar-refractivity contribution >= 4 is 11.9 Å². The molecular weight excluding hydrogens is 294 g/mol. The molecule has 0 aromatic heterocycles. The average molecular weight is 319 g/mol. The van der Waals surface area contributed by atoms with Crippen LogP contribution in [0.15, 0.2) is 18.2 Å². The first-order valence-corrected chi connectivity index (χ1v) is 8.10. The van der Waals surface area contributed by atoms with Gasteiger partial charge in [-0.3, -0.25) is 9.59 Å². The van der Waals surface area contributed by atoms with Gasteiger partial charge in [0, 0.05) is 5.92 Å². The van der Waals surface area contributed by atoms with Gasteiger partial charge in [-0.25, -0.2) is 0 Å². The zero-order chi connectivity index (χ0) is 17.0. The Bertz CT molecular complexity index is 564. The lowest BCUT2D eigenvalue weighted by Crippen LogP contribution is -2.40. The van der Waals surface area contributed by atoms with Gasteiger partial charge in [0.2, 0.25) is 5.91 Å². The van der Waals surface area contributed by atoms with Crippen LogP contribution in [0.2, 0.25) is 0 Å². The summed E-state index contributed by atoms with van der Waals surface area (Å²) < 4.78 is 5.84. The summed E-state index contributed by atoms with van der Waals surface area (Å²) in [6.07, 6.45) is 1.67. The fourth-order valence-electron chi connectivity index (χ4n) is 3.08. The number of aryl methyl sites for hydroxylation is 2. The number of carbonyl (C=O) groups excluding carboxylic acids is 1. The second kappa shape index (κ2) is 7.49. The molecule has 0 aliphatic heterocycles. The van der Waals surface area contributed by atoms with Gasteiger partial charge >= 0.3 is 5.97 Å². The van der Waals surface area contributed by atoms with Crippen LogP contribution in [0.3, 0.4) is 0 Å². The molecule has 2 rings (SSSR count). The highest BCUT2D eigenvalue weighted by Gasteiger charge is 2.34. The molecule has 0 spiro atoms. The lowest BCUT2D eigenvalue weighted by Gasteiger charge is -2.19. The first-order chi connectivity index (χ1) is 10.9. The van der Waals surface area contributed by atoms with E-state index in [1.54, 1.807) is 0 Å². The number of carbonyl (C=O) groups is 2. The summed E-state index contributed by atoms with van der Waals surface area (Å²) in [5.41, 5.74) is 2.15. The van der Waals surface area contributed by atoms with Crippen LogP contribution in [-0.4, -0.2) is 29.6 Å². The molecule has 1 aliphatic carbocycles. The standard InChI is InChI=1S/C18H25NO4/c1-11-5-4-6-12(2)16(11)23-10-13(3)19-17(20)14-7-8-15(9-14)18(21)22/h4-6,13-15H,7-10H2,1-3H3,(H,19,20)(H,21,22)/t13?,14-,15+/m1/s1. The Kier molecular flexibility index (Phi) is 5.64. The van der Waals surface area contributed by atoms with Crippen molar-refractivity contribution in [3.63, 3.8) is 0 Å². The molecule has 1 amide bonds. The van der Waals surface area contributed by atoms with E-state index in [0.717, 1.165) is 16.9 Å². The lowest BCUT2D eigenvalue weighted by molar-refractivity contribution is -0.141. The number of benzene rings is 1. The molecule has 1 aliphatic rings. The fraction of sp³-hybridized carbons (Fsp3) is 0.556. The Balaban J connectivity index is 1.82. The Morgan fingerprint density at radius 2 is 1.87 bits per heavy atom. The van der Waals surface area contributed by atoms with Gasteiger partial charge in [0.1, 0.15) is 12.4 Å². The van der Waals surface area contributed by atoms with Crippen molar-refractivity contribution in [2.24, 2.45) is 11.8 Å². The van der Waals surface area contributed by atoms with Crippen molar-refractivity contribution < 1.29 is 19.4 Å². The predicted molar refractivity (Wildman–Crippen MR) is 87.5 cm³/mol. The number of aliphatic carboxylic acids is 1. The highest BCUT2D eigenvalue weighted by atomic mass is 16.5. The molecule has 0 heterocycles. The average Bonchev–Trinajstić information content (AvgIpc) is 2.96. The van der Waals surface area contributed by atoms with Gasteiger partial charge in [0.25, 0.3) is 0 Å². The van der Waals surface area contributed by atoms with Crippen LogP contribution in [0.25, 0.3) is 0 Å². The summed E-state index contributed by atoms with van der Waals surface area (Å²) in [5.74, 6) is -0.579. The zero-order valence-electron chi connectivity index (χ0n) is 14.0. The van der Waals surface area contributed by atoms with Crippen molar-refractivity contribution in [3.8, 4) is 5.75 Å². The number of hydrogen-bond acceptors (Lipinski definition) is 3. The van der Waals surface area contributed by atoms with Gasteiger partial charge < -0.3 is 15.2 Å². The van der Waals surface area contributed by atoms with Crippen molar-refractivity contribution in [2.45, 2.75) is 46.1 Å². The van der Waals surface area contributed by atoms with Crippen LogP contribution in [0.1, 0.15) is 37.3 Å². The van der Waals surface area contributed by atoms with Gasteiger partial charge in [-0.15, -0.1) is 0 Å². The number of nitrogens with one attached hydrogen (secondary N) is 1. The molecule has 5 nitrogen and oxygen atoms in total. The first-order valence-electron chi connectivity index (χ1n) is 8.10. The number of carboxylic acids is 1. The third-order valence-corrected chi connectivity index (χ3v) is 4.43.